The maximum absolute atomic E-state index is 7.39. The predicted octanol–water partition coefficient (Wildman–Crippen LogP) is 3.21. The molecule has 3 heterocycles. The van der Waals surface area contributed by atoms with Crippen molar-refractivity contribution in [3.8, 4) is 0 Å². The summed E-state index contributed by atoms with van der Waals surface area (Å²) in [6.07, 6.45) is 4.05. The molecule has 8 nitrogen and oxygen atoms in total. The van der Waals surface area contributed by atoms with Gasteiger partial charge >= 0.3 is 0 Å². The van der Waals surface area contributed by atoms with E-state index in [9.17, 15) is 0 Å². The second-order valence-corrected chi connectivity index (χ2v) is 7.68. The monoisotopic (exact) mass is 394 g/mol. The molecule has 9 heteroatoms. The van der Waals surface area contributed by atoms with Crippen molar-refractivity contribution < 1.29 is 0 Å². The lowest BCUT2D eigenvalue weighted by atomic mass is 10.2. The van der Waals surface area contributed by atoms with Crippen LogP contribution >= 0.6 is 11.3 Å². The third-order valence-corrected chi connectivity index (χ3v) is 5.73. The molecule has 28 heavy (non-hydrogen) atoms. The third-order valence-electron chi connectivity index (χ3n) is 4.80. The fourth-order valence-electron chi connectivity index (χ4n) is 3.17. The van der Waals surface area contributed by atoms with E-state index in [4.69, 9.17) is 10.8 Å². The number of nitrogens with one attached hydrogen (secondary N) is 3. The SMILES string of the molecule is CN1CCN(c2ccnc(Nc3nc4ccc(N(C=N)C=N)cc4s3)c2)CC1. The Balaban J connectivity index is 1.54. The van der Waals surface area contributed by atoms with Crippen molar-refractivity contribution in [1.82, 2.24) is 14.9 Å². The number of aromatic nitrogens is 2. The number of rotatable bonds is 6. The number of piperazine rings is 1. The van der Waals surface area contributed by atoms with Gasteiger partial charge < -0.3 is 15.1 Å². The van der Waals surface area contributed by atoms with Gasteiger partial charge in [0.25, 0.3) is 0 Å². The predicted molar refractivity (Wildman–Crippen MR) is 117 cm³/mol. The standard InChI is InChI=1S/C19H22N8S/c1-25-6-8-26(9-7-25)15-4-5-22-18(11-15)24-19-23-16-3-2-14(10-17(16)28-19)27(12-20)13-21/h2-5,10-13,20-21H,6-9H2,1H3,(H,22,23,24). The molecule has 0 radical (unpaired) electrons. The van der Waals surface area contributed by atoms with E-state index in [2.05, 4.69) is 38.2 Å². The normalized spacial score (nSPS) is 14.8. The molecule has 0 bridgehead atoms. The Morgan fingerprint density at radius 2 is 1.89 bits per heavy atom. The molecule has 144 valence electrons. The van der Waals surface area contributed by atoms with Crippen LogP contribution in [0.4, 0.5) is 22.3 Å². The Hall–Kier alpha value is -3.04. The summed E-state index contributed by atoms with van der Waals surface area (Å²) in [6.45, 7) is 4.16. The molecule has 0 aliphatic carbocycles. The van der Waals surface area contributed by atoms with Gasteiger partial charge in [0.1, 0.15) is 5.82 Å². The van der Waals surface area contributed by atoms with Crippen LogP contribution in [-0.2, 0) is 0 Å². The number of hydrogen-bond acceptors (Lipinski definition) is 8. The van der Waals surface area contributed by atoms with Gasteiger partial charge in [0.05, 0.1) is 22.9 Å². The maximum atomic E-state index is 7.39. The molecule has 3 aromatic rings. The summed E-state index contributed by atoms with van der Waals surface area (Å²) < 4.78 is 0.990. The van der Waals surface area contributed by atoms with Crippen LogP contribution in [-0.4, -0.2) is 60.8 Å². The van der Waals surface area contributed by atoms with Gasteiger partial charge in [0.2, 0.25) is 0 Å². The maximum Gasteiger partial charge on any atom is 0.189 e. The van der Waals surface area contributed by atoms with Crippen molar-refractivity contribution in [3.05, 3.63) is 36.5 Å². The molecular weight excluding hydrogens is 372 g/mol. The molecule has 3 N–H and O–H groups in total. The summed E-state index contributed by atoms with van der Waals surface area (Å²) in [7, 11) is 2.15. The zero-order chi connectivity index (χ0) is 19.5. The molecule has 2 aromatic heterocycles. The van der Waals surface area contributed by atoms with E-state index >= 15 is 0 Å². The summed E-state index contributed by atoms with van der Waals surface area (Å²) in [5.74, 6) is 0.774. The molecule has 1 fully saturated rings. The van der Waals surface area contributed by atoms with Gasteiger partial charge in [-0.3, -0.25) is 15.7 Å². The first kappa shape index (κ1) is 18.3. The second-order valence-electron chi connectivity index (χ2n) is 6.65. The van der Waals surface area contributed by atoms with Crippen molar-refractivity contribution >= 4 is 56.6 Å². The summed E-state index contributed by atoms with van der Waals surface area (Å²) >= 11 is 1.53. The highest BCUT2D eigenvalue weighted by Crippen LogP contribution is 2.31. The largest absolute Gasteiger partial charge is 0.369 e. The zero-order valence-electron chi connectivity index (χ0n) is 15.6. The van der Waals surface area contributed by atoms with Gasteiger partial charge in [-0.05, 0) is 31.3 Å². The molecule has 0 unspecified atom stereocenters. The van der Waals surface area contributed by atoms with Gasteiger partial charge in [0, 0.05) is 49.8 Å². The minimum Gasteiger partial charge on any atom is -0.369 e. The fourth-order valence-corrected chi connectivity index (χ4v) is 4.08. The van der Waals surface area contributed by atoms with Crippen LogP contribution in [0.15, 0.2) is 36.5 Å². The average molecular weight is 395 g/mol. The third kappa shape index (κ3) is 3.80. The molecule has 0 spiro atoms. The number of benzene rings is 1. The van der Waals surface area contributed by atoms with Gasteiger partial charge in [-0.15, -0.1) is 0 Å². The molecular formula is C19H22N8S. The Labute approximate surface area is 167 Å². The summed E-state index contributed by atoms with van der Waals surface area (Å²) in [5, 5.41) is 18.9. The van der Waals surface area contributed by atoms with Crippen LogP contribution in [0, 0.1) is 10.8 Å². The lowest BCUT2D eigenvalue weighted by Crippen LogP contribution is -2.44. The highest BCUT2D eigenvalue weighted by Gasteiger charge is 2.15. The number of anilines is 4. The minimum absolute atomic E-state index is 0.767. The summed E-state index contributed by atoms with van der Waals surface area (Å²) in [6, 6.07) is 9.80. The average Bonchev–Trinajstić information content (AvgIpc) is 3.11. The quantitative estimate of drug-likeness (QED) is 0.439. The number of fused-ring (bicyclic) bond motifs is 1. The van der Waals surface area contributed by atoms with Crippen molar-refractivity contribution in [2.75, 3.05) is 48.3 Å². The Morgan fingerprint density at radius 3 is 2.64 bits per heavy atom. The number of pyridine rings is 1. The van der Waals surface area contributed by atoms with E-state index in [0.29, 0.717) is 0 Å². The lowest BCUT2D eigenvalue weighted by Gasteiger charge is -2.34. The number of hydrogen-bond donors (Lipinski definition) is 3. The summed E-state index contributed by atoms with van der Waals surface area (Å²) in [5.41, 5.74) is 2.81. The molecule has 1 aliphatic heterocycles. The van der Waals surface area contributed by atoms with Crippen LogP contribution < -0.4 is 15.1 Å². The molecule has 1 saturated heterocycles. The number of nitrogens with zero attached hydrogens (tertiary/aromatic N) is 5. The van der Waals surface area contributed by atoms with E-state index in [-0.39, 0.29) is 0 Å². The van der Waals surface area contributed by atoms with E-state index in [1.54, 1.807) is 0 Å². The van der Waals surface area contributed by atoms with Gasteiger partial charge in [0.15, 0.2) is 5.13 Å². The Bertz CT molecular complexity index is 985. The molecule has 0 atom stereocenters. The molecule has 1 aromatic carbocycles. The fraction of sp³-hybridized carbons (Fsp3) is 0.263. The first-order valence-electron chi connectivity index (χ1n) is 9.03. The Kier molecular flexibility index (Phi) is 5.18. The minimum atomic E-state index is 0.767. The molecule has 0 amide bonds. The van der Waals surface area contributed by atoms with Crippen LogP contribution in [0.2, 0.25) is 0 Å². The highest BCUT2D eigenvalue weighted by atomic mass is 32.1. The van der Waals surface area contributed by atoms with E-state index < -0.39 is 0 Å². The number of thiazole rings is 1. The first-order chi connectivity index (χ1) is 13.7. The summed E-state index contributed by atoms with van der Waals surface area (Å²) in [4.78, 5) is 15.2. The van der Waals surface area contributed by atoms with Crippen LogP contribution in [0.3, 0.4) is 0 Å². The van der Waals surface area contributed by atoms with E-state index in [0.717, 1.165) is 65.7 Å². The van der Waals surface area contributed by atoms with Gasteiger partial charge in [-0.2, -0.15) is 0 Å². The molecule has 4 rings (SSSR count). The van der Waals surface area contributed by atoms with Gasteiger partial charge in [-0.25, -0.2) is 9.97 Å². The van der Waals surface area contributed by atoms with Crippen LogP contribution in [0.25, 0.3) is 10.2 Å². The van der Waals surface area contributed by atoms with Gasteiger partial charge in [-0.1, -0.05) is 11.3 Å². The lowest BCUT2D eigenvalue weighted by molar-refractivity contribution is 0.313. The highest BCUT2D eigenvalue weighted by molar-refractivity contribution is 7.22. The smallest absolute Gasteiger partial charge is 0.189 e. The topological polar surface area (TPSA) is 95.2 Å². The zero-order valence-corrected chi connectivity index (χ0v) is 16.4. The van der Waals surface area contributed by atoms with Crippen LogP contribution in [0.5, 0.6) is 0 Å². The Morgan fingerprint density at radius 1 is 1.11 bits per heavy atom. The van der Waals surface area contributed by atoms with E-state index in [1.165, 1.54) is 21.9 Å². The van der Waals surface area contributed by atoms with Crippen molar-refractivity contribution in [1.29, 1.82) is 10.8 Å². The van der Waals surface area contributed by atoms with Crippen molar-refractivity contribution in [3.63, 3.8) is 0 Å². The van der Waals surface area contributed by atoms with Crippen molar-refractivity contribution in [2.45, 2.75) is 0 Å². The molecule has 1 aliphatic rings. The number of likely N-dealkylation sites (N-methyl/N-ethyl adjacent to an activating group) is 1. The molecule has 0 saturated carbocycles. The first-order valence-corrected chi connectivity index (χ1v) is 9.84. The van der Waals surface area contributed by atoms with E-state index in [1.807, 2.05) is 30.5 Å². The second kappa shape index (κ2) is 7.91. The van der Waals surface area contributed by atoms with Crippen molar-refractivity contribution in [2.24, 2.45) is 0 Å². The van der Waals surface area contributed by atoms with Crippen LogP contribution in [0.1, 0.15) is 0 Å².